The molecule has 4 aliphatic rings. The highest BCUT2D eigenvalue weighted by Gasteiger charge is 2.43. The van der Waals surface area contributed by atoms with Crippen molar-refractivity contribution >= 4 is 46.4 Å². The second-order valence-corrected chi connectivity index (χ2v) is 12.3. The Bertz CT molecular complexity index is 1680. The number of imidazole rings is 2. The Balaban J connectivity index is 0.000000169. The van der Waals surface area contributed by atoms with E-state index in [-0.39, 0.29) is 48.7 Å². The Kier molecular flexibility index (Phi) is 12.0. The van der Waals surface area contributed by atoms with Gasteiger partial charge < -0.3 is 34.1 Å². The highest BCUT2D eigenvalue weighted by Crippen LogP contribution is 2.39. The number of amides is 2. The molecule has 2 unspecified atom stereocenters. The summed E-state index contributed by atoms with van der Waals surface area (Å²) in [7, 11) is 3.54. The van der Waals surface area contributed by atoms with Gasteiger partial charge in [0.25, 0.3) is 0 Å². The highest BCUT2D eigenvalue weighted by atomic mass is 35.5. The molecule has 0 bridgehead atoms. The van der Waals surface area contributed by atoms with E-state index in [9.17, 15) is 9.59 Å². The molecule has 4 aromatic rings. The Morgan fingerprint density at radius 1 is 0.840 bits per heavy atom. The predicted octanol–water partition coefficient (Wildman–Crippen LogP) is 3.54. The van der Waals surface area contributed by atoms with Crippen molar-refractivity contribution in [2.45, 2.75) is 71.1 Å². The van der Waals surface area contributed by atoms with E-state index >= 15 is 0 Å². The van der Waals surface area contributed by atoms with Crippen molar-refractivity contribution < 1.29 is 19.1 Å². The van der Waals surface area contributed by atoms with Gasteiger partial charge in [-0.25, -0.2) is 19.9 Å². The summed E-state index contributed by atoms with van der Waals surface area (Å²) in [6.07, 6.45) is 16.8. The summed E-state index contributed by atoms with van der Waals surface area (Å²) in [5.74, 6) is 2.22. The third kappa shape index (κ3) is 7.27. The second-order valence-electron chi connectivity index (χ2n) is 11.9. The van der Waals surface area contributed by atoms with Crippen LogP contribution in [0.25, 0.3) is 5.95 Å². The molecule has 16 nitrogen and oxygen atoms in total. The van der Waals surface area contributed by atoms with Gasteiger partial charge in [0.1, 0.15) is 29.8 Å². The molecule has 2 saturated heterocycles. The van der Waals surface area contributed by atoms with E-state index in [1.165, 1.54) is 0 Å². The zero-order valence-electron chi connectivity index (χ0n) is 28.0. The number of aromatic nitrogens is 8. The molecule has 0 aromatic carbocycles. The van der Waals surface area contributed by atoms with E-state index in [0.717, 1.165) is 56.2 Å². The van der Waals surface area contributed by atoms with Crippen LogP contribution in [0.15, 0.2) is 49.8 Å². The maximum absolute atomic E-state index is 12.8. The number of ether oxygens (including phenoxy) is 2. The molecule has 0 spiro atoms. The molecule has 17 heteroatoms. The number of likely N-dealkylation sites (N-methyl/N-ethyl adjacent to an activating group) is 2. The van der Waals surface area contributed by atoms with E-state index in [4.69, 9.17) is 26.1 Å². The van der Waals surface area contributed by atoms with E-state index < -0.39 is 0 Å². The Morgan fingerprint density at radius 3 is 1.86 bits per heavy atom. The first-order chi connectivity index (χ1) is 23.8. The molecule has 4 aromatic heterocycles. The van der Waals surface area contributed by atoms with Gasteiger partial charge in [-0.1, -0.05) is 21.3 Å². The van der Waals surface area contributed by atoms with Gasteiger partial charge in [0.05, 0.1) is 44.0 Å². The highest BCUT2D eigenvalue weighted by molar-refractivity contribution is 6.28. The number of rotatable bonds is 5. The van der Waals surface area contributed by atoms with Gasteiger partial charge in [0.15, 0.2) is 11.6 Å². The van der Waals surface area contributed by atoms with Crippen LogP contribution in [0.3, 0.4) is 0 Å². The summed E-state index contributed by atoms with van der Waals surface area (Å²) in [6, 6.07) is -0.107. The zero-order chi connectivity index (χ0) is 34.5. The van der Waals surface area contributed by atoms with Crippen LogP contribution in [-0.4, -0.2) is 116 Å². The monoisotopic (exact) mass is 708 g/mol. The molecule has 0 aliphatic carbocycles. The molecule has 4 atom stereocenters. The molecule has 4 aliphatic heterocycles. The van der Waals surface area contributed by atoms with Crippen molar-refractivity contribution in [1.29, 1.82) is 0 Å². The number of carbonyl (C=O) groups excluding carboxylic acids is 2. The SMILES string of the molecule is C.CC[C@@H]1C(=O)N(C)c2cnc(-n3ccnc3)nc2N1C1CCOC1.CC[C@@H]1C(=O)N(C)c2cnc(Cl)nc2N1C1CCOC1.c1c[nH]cn1. The maximum atomic E-state index is 12.8. The van der Waals surface area contributed by atoms with Crippen molar-refractivity contribution in [1.82, 2.24) is 39.5 Å². The van der Waals surface area contributed by atoms with Gasteiger partial charge in [-0.2, -0.15) is 9.97 Å². The van der Waals surface area contributed by atoms with E-state index in [1.54, 1.807) is 78.3 Å². The number of nitrogens with one attached hydrogen (secondary N) is 1. The number of nitrogens with zero attached hydrogens (tertiary/aromatic N) is 11. The number of fused-ring (bicyclic) bond motifs is 2. The molecular weight excluding hydrogens is 664 g/mol. The lowest BCUT2D eigenvalue weighted by Gasteiger charge is -2.43. The van der Waals surface area contributed by atoms with Crippen LogP contribution in [0.5, 0.6) is 0 Å². The van der Waals surface area contributed by atoms with Gasteiger partial charge in [-0.15, -0.1) is 0 Å². The number of halogens is 1. The van der Waals surface area contributed by atoms with Crippen LogP contribution in [-0.2, 0) is 19.1 Å². The quantitative estimate of drug-likeness (QED) is 0.301. The Morgan fingerprint density at radius 2 is 1.42 bits per heavy atom. The van der Waals surface area contributed by atoms with Crippen molar-refractivity contribution in [3.63, 3.8) is 0 Å². The number of hydrogen-bond acceptors (Lipinski definition) is 12. The number of hydrogen-bond donors (Lipinski definition) is 1. The van der Waals surface area contributed by atoms with Crippen LogP contribution < -0.4 is 19.6 Å². The van der Waals surface area contributed by atoms with Crippen LogP contribution >= 0.6 is 11.6 Å². The molecule has 50 heavy (non-hydrogen) atoms. The first-order valence-electron chi connectivity index (χ1n) is 16.4. The average Bonchev–Trinajstić information content (AvgIpc) is 3.96. The third-order valence-corrected chi connectivity index (χ3v) is 9.27. The molecule has 2 amide bonds. The summed E-state index contributed by atoms with van der Waals surface area (Å²) in [4.78, 5) is 60.7. The largest absolute Gasteiger partial charge is 0.379 e. The van der Waals surface area contributed by atoms with Gasteiger partial charge >= 0.3 is 0 Å². The predicted molar refractivity (Wildman–Crippen MR) is 190 cm³/mol. The zero-order valence-corrected chi connectivity index (χ0v) is 28.8. The summed E-state index contributed by atoms with van der Waals surface area (Å²) >= 11 is 5.94. The number of carbonyl (C=O) groups is 2. The summed E-state index contributed by atoms with van der Waals surface area (Å²) in [6.45, 7) is 6.72. The molecule has 1 N–H and O–H groups in total. The normalized spacial score (nSPS) is 22.6. The van der Waals surface area contributed by atoms with Crippen molar-refractivity contribution in [2.75, 3.05) is 60.1 Å². The van der Waals surface area contributed by atoms with Crippen molar-refractivity contribution in [3.05, 3.63) is 55.1 Å². The van der Waals surface area contributed by atoms with Gasteiger partial charge in [-0.05, 0) is 37.3 Å². The molecule has 0 radical (unpaired) electrons. The fourth-order valence-electron chi connectivity index (χ4n) is 6.57. The van der Waals surface area contributed by atoms with E-state index in [1.807, 2.05) is 13.8 Å². The minimum Gasteiger partial charge on any atom is -0.379 e. The Hall–Kier alpha value is -4.67. The Labute approximate surface area is 296 Å². The summed E-state index contributed by atoms with van der Waals surface area (Å²) < 4.78 is 12.8. The van der Waals surface area contributed by atoms with Gasteiger partial charge in [-0.3, -0.25) is 14.2 Å². The van der Waals surface area contributed by atoms with Gasteiger partial charge in [0.2, 0.25) is 23.0 Å². The van der Waals surface area contributed by atoms with Crippen LogP contribution in [0.2, 0.25) is 5.28 Å². The standard InChI is InChI=1S/C16H20N6O2.C13H17ClN4O2.C3H4N2.CH4/c1-3-12-15(23)20(2)13-8-18-16(21-6-5-17-10-21)19-14(13)22(12)11-4-7-24-9-11;1-3-9-12(19)17(2)10-6-15-13(14)16-11(10)18(9)8-4-5-20-7-8;1-2-5-3-4-1;/h5-6,8,10-12H,3-4,7,9H2,1-2H3;6,8-9H,3-5,7H2,1-2H3;1-3H,(H,4,5);1H4/t11?,12-;8?,9-;;/m11../s1. The van der Waals surface area contributed by atoms with E-state index in [0.29, 0.717) is 24.8 Å². The van der Waals surface area contributed by atoms with Crippen LogP contribution in [0, 0.1) is 0 Å². The molecule has 268 valence electrons. The van der Waals surface area contributed by atoms with Crippen LogP contribution in [0.1, 0.15) is 47.0 Å². The minimum atomic E-state index is -0.222. The van der Waals surface area contributed by atoms with Crippen molar-refractivity contribution in [3.8, 4) is 5.95 Å². The lowest BCUT2D eigenvalue weighted by atomic mass is 10.0. The molecular formula is C33H45ClN12O4. The fourth-order valence-corrected chi connectivity index (χ4v) is 6.70. The van der Waals surface area contributed by atoms with Crippen LogP contribution in [0.4, 0.5) is 23.0 Å². The minimum absolute atomic E-state index is 0. The van der Waals surface area contributed by atoms with E-state index in [2.05, 4.69) is 39.7 Å². The topological polar surface area (TPSA) is 164 Å². The molecule has 8 heterocycles. The lowest BCUT2D eigenvalue weighted by molar-refractivity contribution is -0.120. The molecule has 2 fully saturated rings. The summed E-state index contributed by atoms with van der Waals surface area (Å²) in [5, 5.41) is 0.199. The first kappa shape index (κ1) is 36.6. The first-order valence-corrected chi connectivity index (χ1v) is 16.8. The lowest BCUT2D eigenvalue weighted by Crippen LogP contribution is -2.56. The van der Waals surface area contributed by atoms with Gasteiger partial charge in [0, 0.05) is 52.1 Å². The average molecular weight is 709 g/mol. The fraction of sp³-hybridized carbons (Fsp3) is 0.515. The number of aromatic amines is 1. The summed E-state index contributed by atoms with van der Waals surface area (Å²) in [5.41, 5.74) is 1.44. The van der Waals surface area contributed by atoms with Crippen molar-refractivity contribution in [2.24, 2.45) is 0 Å². The third-order valence-electron chi connectivity index (χ3n) is 9.09. The molecule has 0 saturated carbocycles. The number of H-pyrrole nitrogens is 1. The smallest absolute Gasteiger partial charge is 0.249 e. The second kappa shape index (κ2) is 16.4. The maximum Gasteiger partial charge on any atom is 0.249 e. The molecule has 8 rings (SSSR count). The number of anilines is 4.